The van der Waals surface area contributed by atoms with Gasteiger partial charge in [-0.25, -0.2) is 4.98 Å². The number of para-hydroxylation sites is 1. The molecule has 3 rings (SSSR count). The van der Waals surface area contributed by atoms with E-state index in [4.69, 9.17) is 16.6 Å². The highest BCUT2D eigenvalue weighted by atomic mass is 35.5. The Morgan fingerprint density at radius 2 is 1.71 bits per heavy atom. The first-order valence-corrected chi connectivity index (χ1v) is 8.57. The minimum Gasteiger partial charge on any atom is -0.506 e. The molecule has 2 aromatic carbocycles. The van der Waals surface area contributed by atoms with E-state index < -0.39 is 5.41 Å². The summed E-state index contributed by atoms with van der Waals surface area (Å²) < 4.78 is 0. The van der Waals surface area contributed by atoms with E-state index >= 15 is 0 Å². The molecule has 1 aromatic heterocycles. The summed E-state index contributed by atoms with van der Waals surface area (Å²) in [6.45, 7) is 8.46. The van der Waals surface area contributed by atoms with E-state index in [1.807, 2.05) is 42.5 Å². The number of rotatable bonds is 3. The topological polar surface area (TPSA) is 33.1 Å². The number of pyridine rings is 1. The zero-order valence-corrected chi connectivity index (χ0v) is 15.2. The second-order valence-electron chi connectivity index (χ2n) is 7.06. The predicted molar refractivity (Wildman–Crippen MR) is 101 cm³/mol. The average Bonchev–Trinajstić information content (AvgIpc) is 2.53. The van der Waals surface area contributed by atoms with E-state index in [2.05, 4.69) is 33.8 Å². The molecular weight excluding hydrogens is 318 g/mol. The molecule has 0 aliphatic heterocycles. The van der Waals surface area contributed by atoms with Crippen molar-refractivity contribution in [2.24, 2.45) is 0 Å². The molecule has 0 atom stereocenters. The number of hydrogen-bond donors (Lipinski definition) is 1. The van der Waals surface area contributed by atoms with Gasteiger partial charge in [0, 0.05) is 15.8 Å². The van der Waals surface area contributed by atoms with Gasteiger partial charge in [-0.1, -0.05) is 69.6 Å². The lowest BCUT2D eigenvalue weighted by atomic mass is 9.80. The monoisotopic (exact) mass is 339 g/mol. The first-order chi connectivity index (χ1) is 11.3. The maximum Gasteiger partial charge on any atom is 0.138 e. The van der Waals surface area contributed by atoms with Crippen LogP contribution in [0, 0.1) is 0 Å². The van der Waals surface area contributed by atoms with E-state index in [0.717, 1.165) is 16.5 Å². The van der Waals surface area contributed by atoms with E-state index in [0.29, 0.717) is 16.6 Å². The lowest BCUT2D eigenvalue weighted by molar-refractivity contribution is 0.447. The quantitative estimate of drug-likeness (QED) is 0.630. The fourth-order valence-electron chi connectivity index (χ4n) is 3.14. The van der Waals surface area contributed by atoms with E-state index in [-0.39, 0.29) is 5.75 Å². The molecule has 0 saturated heterocycles. The van der Waals surface area contributed by atoms with Crippen LogP contribution in [0.4, 0.5) is 0 Å². The van der Waals surface area contributed by atoms with Crippen molar-refractivity contribution in [1.82, 2.24) is 4.98 Å². The van der Waals surface area contributed by atoms with Crippen LogP contribution in [0.1, 0.15) is 50.4 Å². The van der Waals surface area contributed by atoms with Crippen molar-refractivity contribution in [3.63, 3.8) is 0 Å². The number of nitrogens with zero attached hydrogens (tertiary/aromatic N) is 1. The summed E-state index contributed by atoms with van der Waals surface area (Å²) in [4.78, 5) is 4.88. The largest absolute Gasteiger partial charge is 0.506 e. The molecule has 0 unspecified atom stereocenters. The van der Waals surface area contributed by atoms with Crippen molar-refractivity contribution in [2.75, 3.05) is 0 Å². The first kappa shape index (κ1) is 16.8. The zero-order chi connectivity index (χ0) is 17.5. The van der Waals surface area contributed by atoms with Crippen molar-refractivity contribution in [3.05, 3.63) is 70.4 Å². The second-order valence-corrected chi connectivity index (χ2v) is 7.50. The van der Waals surface area contributed by atoms with Gasteiger partial charge in [-0.2, -0.15) is 0 Å². The fourth-order valence-corrected chi connectivity index (χ4v) is 3.27. The number of halogens is 1. The smallest absolute Gasteiger partial charge is 0.138 e. The Hall–Kier alpha value is -2.06. The third-order valence-corrected chi connectivity index (χ3v) is 4.89. The van der Waals surface area contributed by atoms with Crippen molar-refractivity contribution in [1.29, 1.82) is 0 Å². The Morgan fingerprint density at radius 3 is 2.33 bits per heavy atom. The highest BCUT2D eigenvalue weighted by molar-refractivity contribution is 6.30. The van der Waals surface area contributed by atoms with Crippen LogP contribution in [0.2, 0.25) is 5.02 Å². The summed E-state index contributed by atoms with van der Waals surface area (Å²) in [5.74, 6) is 0.598. The van der Waals surface area contributed by atoms with Crippen LogP contribution < -0.4 is 0 Å². The Bertz CT molecular complexity index is 882. The van der Waals surface area contributed by atoms with Crippen molar-refractivity contribution < 1.29 is 5.11 Å². The minimum atomic E-state index is -0.424. The number of aromatic hydroxyl groups is 1. The molecule has 24 heavy (non-hydrogen) atoms. The normalized spacial score (nSPS) is 12.1. The maximum atomic E-state index is 10.6. The summed E-state index contributed by atoms with van der Waals surface area (Å²) in [7, 11) is 0. The summed E-state index contributed by atoms with van der Waals surface area (Å²) in [5, 5.41) is 12.3. The van der Waals surface area contributed by atoms with Gasteiger partial charge in [-0.15, -0.1) is 0 Å². The molecule has 1 heterocycles. The SMILES string of the molecule is CC(C)c1cccc2cc(O)c(C(C)(C)c3ccc(Cl)cc3)nc12. The summed E-state index contributed by atoms with van der Waals surface area (Å²) in [6.07, 6.45) is 0. The average molecular weight is 340 g/mol. The van der Waals surface area contributed by atoms with Crippen molar-refractivity contribution in [2.45, 2.75) is 39.0 Å². The molecule has 0 aliphatic carbocycles. The Labute approximate surface area is 148 Å². The summed E-state index contributed by atoms with van der Waals surface area (Å²) in [6, 6.07) is 15.7. The molecule has 3 heteroatoms. The molecule has 2 nitrogen and oxygen atoms in total. The maximum absolute atomic E-state index is 10.6. The van der Waals surface area contributed by atoms with Gasteiger partial charge in [0.1, 0.15) is 5.75 Å². The van der Waals surface area contributed by atoms with Gasteiger partial charge in [0.25, 0.3) is 0 Å². The Balaban J connectivity index is 2.23. The van der Waals surface area contributed by atoms with Gasteiger partial charge in [-0.05, 0) is 35.2 Å². The van der Waals surface area contributed by atoms with Crippen LogP contribution in [-0.4, -0.2) is 10.1 Å². The number of fused-ring (bicyclic) bond motifs is 1. The third kappa shape index (κ3) is 2.87. The Morgan fingerprint density at radius 1 is 1.04 bits per heavy atom. The first-order valence-electron chi connectivity index (χ1n) is 8.20. The highest BCUT2D eigenvalue weighted by Crippen LogP contribution is 2.38. The molecule has 3 aromatic rings. The minimum absolute atomic E-state index is 0.225. The molecule has 0 bridgehead atoms. The third-order valence-electron chi connectivity index (χ3n) is 4.64. The van der Waals surface area contributed by atoms with Crippen LogP contribution in [0.5, 0.6) is 5.75 Å². The number of hydrogen-bond acceptors (Lipinski definition) is 2. The Kier molecular flexibility index (Phi) is 4.27. The standard InChI is InChI=1S/C21H22ClNO/c1-13(2)17-7-5-6-14-12-18(24)20(23-19(14)17)21(3,4)15-8-10-16(22)11-9-15/h5-13,24H,1-4H3. The van der Waals surface area contributed by atoms with Gasteiger partial charge < -0.3 is 5.11 Å². The zero-order valence-electron chi connectivity index (χ0n) is 14.5. The molecule has 0 saturated carbocycles. The number of aromatic nitrogens is 1. The number of benzene rings is 2. The van der Waals surface area contributed by atoms with Gasteiger partial charge in [0.2, 0.25) is 0 Å². The highest BCUT2D eigenvalue weighted by Gasteiger charge is 2.28. The van der Waals surface area contributed by atoms with Crippen LogP contribution in [0.25, 0.3) is 10.9 Å². The molecule has 1 N–H and O–H groups in total. The van der Waals surface area contributed by atoms with Crippen LogP contribution in [-0.2, 0) is 5.41 Å². The van der Waals surface area contributed by atoms with Gasteiger partial charge in [0.15, 0.2) is 0 Å². The van der Waals surface area contributed by atoms with Gasteiger partial charge in [-0.3, -0.25) is 0 Å². The van der Waals surface area contributed by atoms with Crippen LogP contribution in [0.15, 0.2) is 48.5 Å². The van der Waals surface area contributed by atoms with Gasteiger partial charge in [0.05, 0.1) is 11.2 Å². The van der Waals surface area contributed by atoms with E-state index in [1.165, 1.54) is 5.56 Å². The van der Waals surface area contributed by atoms with Crippen molar-refractivity contribution in [3.8, 4) is 5.75 Å². The molecule has 0 aliphatic rings. The molecular formula is C21H22ClNO. The summed E-state index contributed by atoms with van der Waals surface area (Å²) >= 11 is 6.01. The lowest BCUT2D eigenvalue weighted by Gasteiger charge is -2.26. The van der Waals surface area contributed by atoms with E-state index in [9.17, 15) is 5.11 Å². The van der Waals surface area contributed by atoms with Crippen LogP contribution in [0.3, 0.4) is 0 Å². The molecule has 124 valence electrons. The molecule has 0 spiro atoms. The van der Waals surface area contributed by atoms with Gasteiger partial charge >= 0.3 is 0 Å². The van der Waals surface area contributed by atoms with Crippen LogP contribution >= 0.6 is 11.6 Å². The fraction of sp³-hybridized carbons (Fsp3) is 0.286. The summed E-state index contributed by atoms with van der Waals surface area (Å²) in [5.41, 5.74) is 3.48. The molecule has 0 radical (unpaired) electrons. The molecule has 0 fully saturated rings. The van der Waals surface area contributed by atoms with Crippen molar-refractivity contribution >= 4 is 22.5 Å². The molecule has 0 amide bonds. The second kappa shape index (κ2) is 6.10. The lowest BCUT2D eigenvalue weighted by Crippen LogP contribution is -2.21. The van der Waals surface area contributed by atoms with E-state index in [1.54, 1.807) is 0 Å². The predicted octanol–water partition coefficient (Wildman–Crippen LogP) is 6.04.